The molecule has 1 aliphatic rings. The Labute approximate surface area is 110 Å². The van der Waals surface area contributed by atoms with E-state index in [4.69, 9.17) is 9.47 Å². The highest BCUT2D eigenvalue weighted by Crippen LogP contribution is 2.37. The molecular weight excluding hydrogens is 244 g/mol. The quantitative estimate of drug-likeness (QED) is 0.883. The van der Waals surface area contributed by atoms with Crippen molar-refractivity contribution in [3.05, 3.63) is 24.0 Å². The first-order valence-corrected chi connectivity index (χ1v) is 6.05. The molecule has 0 saturated heterocycles. The summed E-state index contributed by atoms with van der Waals surface area (Å²) >= 11 is 0. The molecule has 0 unspecified atom stereocenters. The fourth-order valence-electron chi connectivity index (χ4n) is 2.09. The molecule has 0 radical (unpaired) electrons. The molecule has 0 fully saturated rings. The molecule has 1 N–H and O–H groups in total. The Kier molecular flexibility index (Phi) is 2.91. The number of hydrogen-bond donors (Lipinski definition) is 1. The van der Waals surface area contributed by atoms with Crippen LogP contribution in [0.5, 0.6) is 11.5 Å². The van der Waals surface area contributed by atoms with Gasteiger partial charge in [0, 0.05) is 12.6 Å². The zero-order chi connectivity index (χ0) is 13.2. The minimum Gasteiger partial charge on any atom is -0.486 e. The van der Waals surface area contributed by atoms with Crippen LogP contribution in [-0.4, -0.2) is 35.4 Å². The number of hydrogen-bond acceptors (Lipinski definition) is 6. The zero-order valence-corrected chi connectivity index (χ0v) is 10.8. The summed E-state index contributed by atoms with van der Waals surface area (Å²) in [4.78, 5) is 4.17. The Balaban J connectivity index is 2.14. The lowest BCUT2D eigenvalue weighted by atomic mass is 10.0. The minimum absolute atomic E-state index is 0.563. The Morgan fingerprint density at radius 1 is 1.16 bits per heavy atom. The summed E-state index contributed by atoms with van der Waals surface area (Å²) in [5.74, 6) is 2.20. The molecule has 19 heavy (non-hydrogen) atoms. The average Bonchev–Trinajstić information content (AvgIpc) is 2.46. The molecule has 1 aliphatic heterocycles. The van der Waals surface area contributed by atoms with Crippen LogP contribution in [0.4, 0.5) is 5.82 Å². The summed E-state index contributed by atoms with van der Waals surface area (Å²) in [6.45, 7) is 3.15. The van der Waals surface area contributed by atoms with E-state index in [-0.39, 0.29) is 0 Å². The first kappa shape index (κ1) is 11.7. The third-order valence-electron chi connectivity index (χ3n) is 3.00. The third-order valence-corrected chi connectivity index (χ3v) is 3.00. The van der Waals surface area contributed by atoms with Gasteiger partial charge in [0.1, 0.15) is 25.2 Å². The number of nitrogens with zero attached hydrogens (tertiary/aromatic N) is 3. The van der Waals surface area contributed by atoms with Crippen LogP contribution in [0.3, 0.4) is 0 Å². The molecule has 6 heteroatoms. The van der Waals surface area contributed by atoms with Crippen molar-refractivity contribution in [3.63, 3.8) is 0 Å². The maximum atomic E-state index is 5.60. The van der Waals surface area contributed by atoms with E-state index in [2.05, 4.69) is 20.5 Å². The molecule has 98 valence electrons. The molecule has 2 heterocycles. The van der Waals surface area contributed by atoms with Crippen molar-refractivity contribution >= 4 is 5.82 Å². The summed E-state index contributed by atoms with van der Waals surface area (Å²) in [6.07, 6.45) is 1.42. The first-order chi connectivity index (χ1) is 9.29. The molecule has 0 atom stereocenters. The number of aromatic nitrogens is 3. The van der Waals surface area contributed by atoms with Gasteiger partial charge >= 0.3 is 0 Å². The van der Waals surface area contributed by atoms with Crippen LogP contribution in [0.15, 0.2) is 18.5 Å². The molecule has 0 aliphatic carbocycles. The number of anilines is 1. The summed E-state index contributed by atoms with van der Waals surface area (Å²) in [6, 6.07) is 3.88. The van der Waals surface area contributed by atoms with Gasteiger partial charge in [0.2, 0.25) is 0 Å². The van der Waals surface area contributed by atoms with Gasteiger partial charge in [0.25, 0.3) is 0 Å². The van der Waals surface area contributed by atoms with E-state index in [0.717, 1.165) is 22.6 Å². The number of aryl methyl sites for hydroxylation is 1. The van der Waals surface area contributed by atoms with Gasteiger partial charge in [-0.3, -0.25) is 0 Å². The SMILES string of the molecule is CNc1ncnnc1-c1cc2c(cc1C)OCCO2. The molecular formula is C13H14N4O2. The number of benzene rings is 1. The molecule has 0 amide bonds. The van der Waals surface area contributed by atoms with Crippen LogP contribution >= 0.6 is 0 Å². The van der Waals surface area contributed by atoms with Crippen molar-refractivity contribution in [1.82, 2.24) is 15.2 Å². The number of ether oxygens (including phenoxy) is 2. The predicted octanol–water partition coefficient (Wildman–Crippen LogP) is 1.66. The normalized spacial score (nSPS) is 13.2. The Bertz CT molecular complexity index is 616. The lowest BCUT2D eigenvalue weighted by molar-refractivity contribution is 0.171. The largest absolute Gasteiger partial charge is 0.486 e. The second-order valence-electron chi connectivity index (χ2n) is 4.22. The van der Waals surface area contributed by atoms with E-state index in [9.17, 15) is 0 Å². The van der Waals surface area contributed by atoms with E-state index in [0.29, 0.717) is 24.7 Å². The van der Waals surface area contributed by atoms with Gasteiger partial charge in [-0.2, -0.15) is 0 Å². The minimum atomic E-state index is 0.563. The molecule has 0 saturated carbocycles. The molecule has 1 aromatic carbocycles. The van der Waals surface area contributed by atoms with Crippen LogP contribution in [0.2, 0.25) is 0 Å². The highest BCUT2D eigenvalue weighted by atomic mass is 16.6. The van der Waals surface area contributed by atoms with E-state index < -0.39 is 0 Å². The second kappa shape index (κ2) is 4.72. The summed E-state index contributed by atoms with van der Waals surface area (Å²) < 4.78 is 11.2. The standard InChI is InChI=1S/C13H14N4O2/c1-8-5-10-11(19-4-3-18-10)6-9(8)12-13(14-2)15-7-16-17-12/h5-7H,3-4H2,1-2H3,(H,14,15,16). The molecule has 2 aromatic rings. The van der Waals surface area contributed by atoms with E-state index in [1.54, 1.807) is 7.05 Å². The Hall–Kier alpha value is -2.37. The third kappa shape index (κ3) is 2.05. The molecule has 6 nitrogen and oxygen atoms in total. The predicted molar refractivity (Wildman–Crippen MR) is 70.5 cm³/mol. The molecule has 1 aromatic heterocycles. The molecule has 0 bridgehead atoms. The van der Waals surface area contributed by atoms with Crippen LogP contribution in [0.25, 0.3) is 11.3 Å². The fraction of sp³-hybridized carbons (Fsp3) is 0.308. The number of nitrogens with one attached hydrogen (secondary N) is 1. The lowest BCUT2D eigenvalue weighted by Gasteiger charge is -2.20. The maximum absolute atomic E-state index is 5.60. The van der Waals surface area contributed by atoms with Crippen molar-refractivity contribution in [2.24, 2.45) is 0 Å². The van der Waals surface area contributed by atoms with Crippen LogP contribution in [0, 0.1) is 6.92 Å². The van der Waals surface area contributed by atoms with Crippen molar-refractivity contribution in [2.45, 2.75) is 6.92 Å². The van der Waals surface area contributed by atoms with Crippen molar-refractivity contribution < 1.29 is 9.47 Å². The number of fused-ring (bicyclic) bond motifs is 1. The average molecular weight is 258 g/mol. The van der Waals surface area contributed by atoms with Crippen molar-refractivity contribution in [2.75, 3.05) is 25.6 Å². The lowest BCUT2D eigenvalue weighted by Crippen LogP contribution is -2.15. The van der Waals surface area contributed by atoms with Gasteiger partial charge in [-0.25, -0.2) is 4.98 Å². The van der Waals surface area contributed by atoms with Gasteiger partial charge in [-0.05, 0) is 24.6 Å². The van der Waals surface area contributed by atoms with Gasteiger partial charge in [0.05, 0.1) is 0 Å². The van der Waals surface area contributed by atoms with Crippen LogP contribution < -0.4 is 14.8 Å². The summed E-state index contributed by atoms with van der Waals surface area (Å²) in [5.41, 5.74) is 2.69. The first-order valence-electron chi connectivity index (χ1n) is 6.05. The summed E-state index contributed by atoms with van der Waals surface area (Å²) in [7, 11) is 1.81. The van der Waals surface area contributed by atoms with E-state index in [1.807, 2.05) is 19.1 Å². The zero-order valence-electron chi connectivity index (χ0n) is 10.8. The number of rotatable bonds is 2. The highest BCUT2D eigenvalue weighted by Gasteiger charge is 2.17. The smallest absolute Gasteiger partial charge is 0.162 e. The van der Waals surface area contributed by atoms with Gasteiger partial charge in [-0.1, -0.05) is 0 Å². The van der Waals surface area contributed by atoms with E-state index >= 15 is 0 Å². The van der Waals surface area contributed by atoms with Crippen molar-refractivity contribution in [1.29, 1.82) is 0 Å². The topological polar surface area (TPSA) is 69.2 Å². The van der Waals surface area contributed by atoms with Gasteiger partial charge < -0.3 is 14.8 Å². The Morgan fingerprint density at radius 2 is 1.89 bits per heavy atom. The Morgan fingerprint density at radius 3 is 2.63 bits per heavy atom. The highest BCUT2D eigenvalue weighted by molar-refractivity contribution is 5.75. The van der Waals surface area contributed by atoms with Gasteiger partial charge in [-0.15, -0.1) is 10.2 Å². The molecule has 3 rings (SSSR count). The maximum Gasteiger partial charge on any atom is 0.162 e. The fourth-order valence-corrected chi connectivity index (χ4v) is 2.09. The van der Waals surface area contributed by atoms with E-state index in [1.165, 1.54) is 6.33 Å². The van der Waals surface area contributed by atoms with Crippen molar-refractivity contribution in [3.8, 4) is 22.8 Å². The second-order valence-corrected chi connectivity index (χ2v) is 4.22. The van der Waals surface area contributed by atoms with Crippen LogP contribution in [0.1, 0.15) is 5.56 Å². The molecule has 0 spiro atoms. The van der Waals surface area contributed by atoms with Gasteiger partial charge in [0.15, 0.2) is 17.3 Å². The summed E-state index contributed by atoms with van der Waals surface area (Å²) in [5, 5.41) is 11.0. The monoisotopic (exact) mass is 258 g/mol. The van der Waals surface area contributed by atoms with Crippen LogP contribution in [-0.2, 0) is 0 Å².